The summed E-state index contributed by atoms with van der Waals surface area (Å²) in [6, 6.07) is 12.2. The normalized spacial score (nSPS) is 12.2. The SMILES string of the molecule is C=CCNC(=O)C(C)N(C)Cc1ccc2cc(OC)ccc2c1. The molecule has 2 rings (SSSR count). The molecule has 0 aliphatic rings. The van der Waals surface area contributed by atoms with Gasteiger partial charge >= 0.3 is 0 Å². The van der Waals surface area contributed by atoms with Crippen LogP contribution in [0.25, 0.3) is 10.8 Å². The maximum Gasteiger partial charge on any atom is 0.237 e. The number of likely N-dealkylation sites (N-methyl/N-ethyl adjacent to an activating group) is 1. The largest absolute Gasteiger partial charge is 0.497 e. The van der Waals surface area contributed by atoms with Gasteiger partial charge in [0.1, 0.15) is 5.75 Å². The molecule has 0 aromatic heterocycles. The van der Waals surface area contributed by atoms with E-state index in [4.69, 9.17) is 4.74 Å². The molecule has 0 spiro atoms. The molecule has 2 aromatic rings. The average molecular weight is 312 g/mol. The minimum atomic E-state index is -0.193. The Morgan fingerprint density at radius 3 is 2.70 bits per heavy atom. The van der Waals surface area contributed by atoms with Crippen molar-refractivity contribution in [2.24, 2.45) is 0 Å². The lowest BCUT2D eigenvalue weighted by atomic mass is 10.1. The van der Waals surface area contributed by atoms with Crippen LogP contribution in [0.5, 0.6) is 5.75 Å². The minimum absolute atomic E-state index is 0.0120. The number of methoxy groups -OCH3 is 1. The Morgan fingerprint density at radius 1 is 1.30 bits per heavy atom. The van der Waals surface area contributed by atoms with Crippen LogP contribution < -0.4 is 10.1 Å². The first kappa shape index (κ1) is 17.0. The van der Waals surface area contributed by atoms with Crippen molar-refractivity contribution in [3.63, 3.8) is 0 Å². The molecule has 0 saturated carbocycles. The molecule has 0 bridgehead atoms. The first-order chi connectivity index (χ1) is 11.0. The Labute approximate surface area is 137 Å². The molecule has 1 atom stereocenters. The highest BCUT2D eigenvalue weighted by atomic mass is 16.5. The minimum Gasteiger partial charge on any atom is -0.497 e. The van der Waals surface area contributed by atoms with Gasteiger partial charge in [-0.15, -0.1) is 6.58 Å². The molecular weight excluding hydrogens is 288 g/mol. The van der Waals surface area contributed by atoms with Crippen molar-refractivity contribution in [1.82, 2.24) is 10.2 Å². The number of fused-ring (bicyclic) bond motifs is 1. The van der Waals surface area contributed by atoms with Crippen LogP contribution in [0.1, 0.15) is 12.5 Å². The predicted octanol–water partition coefficient (Wildman–Crippen LogP) is 2.97. The first-order valence-corrected chi connectivity index (χ1v) is 7.70. The Hall–Kier alpha value is -2.33. The summed E-state index contributed by atoms with van der Waals surface area (Å²) in [5.74, 6) is 0.868. The fourth-order valence-corrected chi connectivity index (χ4v) is 2.44. The van der Waals surface area contributed by atoms with E-state index in [0.717, 1.165) is 11.1 Å². The second kappa shape index (κ2) is 7.79. The molecule has 122 valence electrons. The van der Waals surface area contributed by atoms with E-state index >= 15 is 0 Å². The Balaban J connectivity index is 2.08. The van der Waals surface area contributed by atoms with Gasteiger partial charge in [-0.25, -0.2) is 0 Å². The van der Waals surface area contributed by atoms with Crippen LogP contribution in [-0.2, 0) is 11.3 Å². The second-order valence-corrected chi connectivity index (χ2v) is 5.67. The molecule has 0 aliphatic carbocycles. The van der Waals surface area contributed by atoms with Gasteiger partial charge in [-0.3, -0.25) is 9.69 Å². The lowest BCUT2D eigenvalue weighted by Gasteiger charge is -2.24. The van der Waals surface area contributed by atoms with E-state index in [1.165, 1.54) is 10.9 Å². The molecule has 4 heteroatoms. The number of rotatable bonds is 7. The molecule has 4 nitrogen and oxygen atoms in total. The maximum absolute atomic E-state index is 12.0. The van der Waals surface area contributed by atoms with Gasteiger partial charge in [-0.2, -0.15) is 0 Å². The molecule has 0 heterocycles. The van der Waals surface area contributed by atoms with Gasteiger partial charge in [-0.05, 0) is 48.5 Å². The van der Waals surface area contributed by atoms with E-state index in [0.29, 0.717) is 13.1 Å². The average Bonchev–Trinajstić information content (AvgIpc) is 2.58. The fourth-order valence-electron chi connectivity index (χ4n) is 2.44. The third-order valence-electron chi connectivity index (χ3n) is 4.01. The lowest BCUT2D eigenvalue weighted by Crippen LogP contribution is -2.42. The van der Waals surface area contributed by atoms with Gasteiger partial charge in [0.25, 0.3) is 0 Å². The Bertz CT molecular complexity index is 697. The van der Waals surface area contributed by atoms with Gasteiger partial charge in [0.2, 0.25) is 5.91 Å². The number of nitrogens with zero attached hydrogens (tertiary/aromatic N) is 1. The van der Waals surface area contributed by atoms with Gasteiger partial charge in [0.15, 0.2) is 0 Å². The Morgan fingerprint density at radius 2 is 2.00 bits per heavy atom. The molecule has 1 amide bonds. The zero-order valence-electron chi connectivity index (χ0n) is 14.0. The summed E-state index contributed by atoms with van der Waals surface area (Å²) in [5, 5.41) is 5.14. The lowest BCUT2D eigenvalue weighted by molar-refractivity contribution is -0.125. The van der Waals surface area contributed by atoms with Gasteiger partial charge < -0.3 is 10.1 Å². The number of nitrogens with one attached hydrogen (secondary N) is 1. The van der Waals surface area contributed by atoms with Crippen molar-refractivity contribution in [3.8, 4) is 5.75 Å². The van der Waals surface area contributed by atoms with Crippen LogP contribution in [0.15, 0.2) is 49.1 Å². The zero-order chi connectivity index (χ0) is 16.8. The van der Waals surface area contributed by atoms with Gasteiger partial charge in [0.05, 0.1) is 13.2 Å². The van der Waals surface area contributed by atoms with E-state index in [1.54, 1.807) is 13.2 Å². The van der Waals surface area contributed by atoms with Gasteiger partial charge in [0, 0.05) is 13.1 Å². The standard InChI is InChI=1S/C19H24N2O2/c1-5-10-20-19(22)14(2)21(3)13-15-6-7-17-12-18(23-4)9-8-16(17)11-15/h5-9,11-12,14H,1,10,13H2,2-4H3,(H,20,22). The van der Waals surface area contributed by atoms with E-state index in [2.05, 4.69) is 36.2 Å². The van der Waals surface area contributed by atoms with Crippen LogP contribution in [0.2, 0.25) is 0 Å². The number of hydrogen-bond donors (Lipinski definition) is 1. The number of carbonyl (C=O) groups excluding carboxylic acids is 1. The van der Waals surface area contributed by atoms with Crippen LogP contribution >= 0.6 is 0 Å². The summed E-state index contributed by atoms with van der Waals surface area (Å²) in [6.45, 7) is 6.72. The first-order valence-electron chi connectivity index (χ1n) is 7.70. The highest BCUT2D eigenvalue weighted by molar-refractivity contribution is 5.84. The summed E-state index contributed by atoms with van der Waals surface area (Å²) >= 11 is 0. The summed E-state index contributed by atoms with van der Waals surface area (Å²) in [5.41, 5.74) is 1.17. The Kier molecular flexibility index (Phi) is 5.77. The molecule has 23 heavy (non-hydrogen) atoms. The zero-order valence-corrected chi connectivity index (χ0v) is 14.0. The topological polar surface area (TPSA) is 41.6 Å². The molecule has 0 aliphatic heterocycles. The summed E-state index contributed by atoms with van der Waals surface area (Å²) in [7, 11) is 3.62. The van der Waals surface area contributed by atoms with Crippen molar-refractivity contribution >= 4 is 16.7 Å². The number of carbonyl (C=O) groups is 1. The smallest absolute Gasteiger partial charge is 0.237 e. The third kappa shape index (κ3) is 4.33. The molecule has 2 aromatic carbocycles. The maximum atomic E-state index is 12.0. The van der Waals surface area contributed by atoms with E-state index < -0.39 is 0 Å². The second-order valence-electron chi connectivity index (χ2n) is 5.67. The third-order valence-corrected chi connectivity index (χ3v) is 4.01. The van der Waals surface area contributed by atoms with Crippen molar-refractivity contribution in [2.75, 3.05) is 20.7 Å². The molecule has 1 unspecified atom stereocenters. The van der Waals surface area contributed by atoms with Crippen molar-refractivity contribution in [1.29, 1.82) is 0 Å². The molecule has 0 radical (unpaired) electrons. The molecular formula is C19H24N2O2. The van der Waals surface area contributed by atoms with Crippen LogP contribution in [-0.4, -0.2) is 37.6 Å². The monoisotopic (exact) mass is 312 g/mol. The van der Waals surface area contributed by atoms with Crippen molar-refractivity contribution < 1.29 is 9.53 Å². The van der Waals surface area contributed by atoms with E-state index in [9.17, 15) is 4.79 Å². The van der Waals surface area contributed by atoms with Crippen LogP contribution in [0.4, 0.5) is 0 Å². The number of benzene rings is 2. The van der Waals surface area contributed by atoms with Crippen LogP contribution in [0.3, 0.4) is 0 Å². The van der Waals surface area contributed by atoms with E-state index in [-0.39, 0.29) is 11.9 Å². The van der Waals surface area contributed by atoms with Crippen LogP contribution in [0, 0.1) is 0 Å². The molecule has 0 saturated heterocycles. The van der Waals surface area contributed by atoms with Gasteiger partial charge in [-0.1, -0.05) is 24.3 Å². The van der Waals surface area contributed by atoms with Crippen molar-refractivity contribution in [2.45, 2.75) is 19.5 Å². The molecule has 0 fully saturated rings. The summed E-state index contributed by atoms with van der Waals surface area (Å²) in [6.07, 6.45) is 1.68. The number of hydrogen-bond acceptors (Lipinski definition) is 3. The van der Waals surface area contributed by atoms with E-state index in [1.807, 2.05) is 31.0 Å². The highest BCUT2D eigenvalue weighted by Gasteiger charge is 2.17. The number of amides is 1. The highest BCUT2D eigenvalue weighted by Crippen LogP contribution is 2.22. The molecule has 1 N–H and O–H groups in total. The quantitative estimate of drug-likeness (QED) is 0.799. The fraction of sp³-hybridized carbons (Fsp3) is 0.316. The van der Waals surface area contributed by atoms with Crippen molar-refractivity contribution in [3.05, 3.63) is 54.6 Å². The summed E-state index contributed by atoms with van der Waals surface area (Å²) in [4.78, 5) is 14.0. The number of ether oxygens (including phenoxy) is 1. The predicted molar refractivity (Wildman–Crippen MR) is 94.6 cm³/mol. The summed E-state index contributed by atoms with van der Waals surface area (Å²) < 4.78 is 5.25.